The highest BCUT2D eigenvalue weighted by atomic mass is 16.5. The van der Waals surface area contributed by atoms with Gasteiger partial charge in [0.05, 0.1) is 0 Å². The van der Waals surface area contributed by atoms with Crippen molar-refractivity contribution in [2.45, 2.75) is 24.2 Å². The largest absolute Gasteiger partial charge is 0.479 e. The van der Waals surface area contributed by atoms with Crippen LogP contribution in [-0.2, 0) is 9.59 Å². The molecular weight excluding hydrogens is 178 g/mol. The third kappa shape index (κ3) is 0.702. The maximum atomic E-state index is 11.0. The van der Waals surface area contributed by atoms with Crippen LogP contribution in [0.15, 0.2) is 0 Å². The number of amides is 1. The molecule has 72 valence electrons. The number of piperidine rings is 1. The third-order valence-electron chi connectivity index (χ3n) is 2.73. The minimum atomic E-state index is -2.33. The van der Waals surface area contributed by atoms with E-state index in [2.05, 4.69) is 0 Å². The second-order valence-corrected chi connectivity index (χ2v) is 3.40. The van der Waals surface area contributed by atoms with E-state index in [1.54, 1.807) is 0 Å². The first-order chi connectivity index (χ1) is 5.94. The molecular formula is C7H9NO5. The average molecular weight is 187 g/mol. The standard InChI is InChI=1S/C7H9NO5/c9-4-7(13)6(12,5(10)11)2-1-3-8(4)7/h12-13H,1-3H2,(H,10,11). The number of carbonyl (C=O) groups is 2. The molecule has 0 aliphatic carbocycles. The van der Waals surface area contributed by atoms with Crippen molar-refractivity contribution >= 4 is 11.9 Å². The number of carboxylic acid groups (broad SMARTS) is 1. The van der Waals surface area contributed by atoms with E-state index in [-0.39, 0.29) is 6.42 Å². The van der Waals surface area contributed by atoms with E-state index in [1.807, 2.05) is 0 Å². The molecule has 2 fully saturated rings. The van der Waals surface area contributed by atoms with E-state index in [1.165, 1.54) is 0 Å². The van der Waals surface area contributed by atoms with Gasteiger partial charge >= 0.3 is 5.97 Å². The Morgan fingerprint density at radius 1 is 1.46 bits per heavy atom. The van der Waals surface area contributed by atoms with Crippen LogP contribution in [0, 0.1) is 0 Å². The van der Waals surface area contributed by atoms with Crippen molar-refractivity contribution < 1.29 is 24.9 Å². The van der Waals surface area contributed by atoms with Crippen LogP contribution in [0.5, 0.6) is 0 Å². The Kier molecular flexibility index (Phi) is 1.31. The Morgan fingerprint density at radius 2 is 2.08 bits per heavy atom. The van der Waals surface area contributed by atoms with E-state index >= 15 is 0 Å². The molecule has 0 aromatic heterocycles. The van der Waals surface area contributed by atoms with Crippen LogP contribution in [0.25, 0.3) is 0 Å². The van der Waals surface area contributed by atoms with Crippen molar-refractivity contribution in [2.75, 3.05) is 6.54 Å². The summed E-state index contributed by atoms with van der Waals surface area (Å²) in [7, 11) is 0. The zero-order valence-corrected chi connectivity index (χ0v) is 6.73. The smallest absolute Gasteiger partial charge is 0.341 e. The lowest BCUT2D eigenvalue weighted by Crippen LogP contribution is -2.57. The third-order valence-corrected chi connectivity index (χ3v) is 2.73. The molecule has 0 aromatic carbocycles. The quantitative estimate of drug-likeness (QED) is 0.418. The van der Waals surface area contributed by atoms with Gasteiger partial charge in [-0.15, -0.1) is 0 Å². The summed E-state index contributed by atoms with van der Waals surface area (Å²) >= 11 is 0. The van der Waals surface area contributed by atoms with Crippen molar-refractivity contribution in [1.82, 2.24) is 4.90 Å². The van der Waals surface area contributed by atoms with Crippen LogP contribution in [0.2, 0.25) is 0 Å². The summed E-state index contributed by atoms with van der Waals surface area (Å²) in [6.45, 7) is 0.310. The van der Waals surface area contributed by atoms with E-state index in [0.29, 0.717) is 13.0 Å². The Bertz CT molecular complexity index is 301. The zero-order valence-electron chi connectivity index (χ0n) is 6.73. The molecule has 1 amide bonds. The summed E-state index contributed by atoms with van der Waals surface area (Å²) in [5, 5.41) is 27.8. The van der Waals surface area contributed by atoms with Gasteiger partial charge in [0.15, 0.2) is 0 Å². The van der Waals surface area contributed by atoms with Gasteiger partial charge in [-0.3, -0.25) is 9.69 Å². The molecule has 2 aliphatic rings. The molecule has 6 nitrogen and oxygen atoms in total. The number of nitrogens with zero attached hydrogens (tertiary/aromatic N) is 1. The summed E-state index contributed by atoms with van der Waals surface area (Å²) in [5.41, 5.74) is -4.50. The molecule has 0 spiro atoms. The summed E-state index contributed by atoms with van der Waals surface area (Å²) in [4.78, 5) is 22.7. The highest BCUT2D eigenvalue weighted by Gasteiger charge is 2.78. The summed E-state index contributed by atoms with van der Waals surface area (Å²) < 4.78 is 0. The fourth-order valence-electron chi connectivity index (χ4n) is 1.85. The summed E-state index contributed by atoms with van der Waals surface area (Å²) in [5.74, 6) is -2.25. The first-order valence-electron chi connectivity index (χ1n) is 3.95. The van der Waals surface area contributed by atoms with Gasteiger partial charge in [-0.1, -0.05) is 0 Å². The van der Waals surface area contributed by atoms with Gasteiger partial charge in [0.2, 0.25) is 5.60 Å². The fraction of sp³-hybridized carbons (Fsp3) is 0.714. The van der Waals surface area contributed by atoms with Crippen molar-refractivity contribution in [3.8, 4) is 0 Å². The normalized spacial score (nSPS) is 42.9. The lowest BCUT2D eigenvalue weighted by atomic mass is 9.88. The Morgan fingerprint density at radius 3 is 2.54 bits per heavy atom. The first kappa shape index (κ1) is 8.46. The predicted molar refractivity (Wildman–Crippen MR) is 38.5 cm³/mol. The second kappa shape index (κ2) is 2.02. The Hall–Kier alpha value is -1.14. The average Bonchev–Trinajstić information content (AvgIpc) is 2.59. The number of hydrogen-bond acceptors (Lipinski definition) is 4. The Balaban J connectivity index is 2.40. The van der Waals surface area contributed by atoms with Crippen LogP contribution in [-0.4, -0.2) is 50.0 Å². The van der Waals surface area contributed by atoms with Gasteiger partial charge in [0.25, 0.3) is 11.6 Å². The minimum Gasteiger partial charge on any atom is -0.479 e. The van der Waals surface area contributed by atoms with Crippen LogP contribution in [0.3, 0.4) is 0 Å². The SMILES string of the molecule is O=C(O)C1(O)CCCN2C(=O)C21O. The van der Waals surface area contributed by atoms with Crippen LogP contribution in [0.1, 0.15) is 12.8 Å². The molecule has 2 saturated heterocycles. The van der Waals surface area contributed by atoms with Crippen LogP contribution >= 0.6 is 0 Å². The highest BCUT2D eigenvalue weighted by Crippen LogP contribution is 2.47. The van der Waals surface area contributed by atoms with Crippen molar-refractivity contribution in [2.24, 2.45) is 0 Å². The Labute approximate surface area is 73.4 Å². The number of carboxylic acids is 1. The number of rotatable bonds is 1. The van der Waals surface area contributed by atoms with Gasteiger partial charge in [0, 0.05) is 6.54 Å². The molecule has 2 atom stereocenters. The number of fused-ring (bicyclic) bond motifs is 1. The second-order valence-electron chi connectivity index (χ2n) is 3.40. The van der Waals surface area contributed by atoms with E-state index in [4.69, 9.17) is 5.11 Å². The number of aliphatic hydroxyl groups is 2. The summed E-state index contributed by atoms with van der Waals surface area (Å²) in [6, 6.07) is 0. The molecule has 0 bridgehead atoms. The molecule has 2 aliphatic heterocycles. The monoisotopic (exact) mass is 187 g/mol. The van der Waals surface area contributed by atoms with Crippen molar-refractivity contribution in [3.05, 3.63) is 0 Å². The van der Waals surface area contributed by atoms with Gasteiger partial charge in [-0.25, -0.2) is 4.79 Å². The van der Waals surface area contributed by atoms with Crippen molar-refractivity contribution in [3.63, 3.8) is 0 Å². The van der Waals surface area contributed by atoms with Gasteiger partial charge in [-0.2, -0.15) is 0 Å². The molecule has 0 saturated carbocycles. The van der Waals surface area contributed by atoms with Gasteiger partial charge in [-0.05, 0) is 12.8 Å². The fourth-order valence-corrected chi connectivity index (χ4v) is 1.85. The van der Waals surface area contributed by atoms with Gasteiger partial charge in [0.1, 0.15) is 0 Å². The zero-order chi connectivity index (χ0) is 9.85. The molecule has 2 heterocycles. The highest BCUT2D eigenvalue weighted by molar-refractivity contribution is 6.07. The lowest BCUT2D eigenvalue weighted by molar-refractivity contribution is -0.189. The number of aliphatic carboxylic acids is 1. The minimum absolute atomic E-state index is 0.0962. The maximum Gasteiger partial charge on any atom is 0.341 e. The number of carbonyl (C=O) groups excluding carboxylic acids is 1. The van der Waals surface area contributed by atoms with E-state index < -0.39 is 23.2 Å². The molecule has 0 radical (unpaired) electrons. The van der Waals surface area contributed by atoms with E-state index in [9.17, 15) is 19.8 Å². The lowest BCUT2D eigenvalue weighted by Gasteiger charge is -2.30. The van der Waals surface area contributed by atoms with Crippen molar-refractivity contribution in [1.29, 1.82) is 0 Å². The molecule has 3 N–H and O–H groups in total. The molecule has 0 aromatic rings. The van der Waals surface area contributed by atoms with Crippen LogP contribution in [0.4, 0.5) is 0 Å². The van der Waals surface area contributed by atoms with Gasteiger partial charge < -0.3 is 15.3 Å². The molecule has 2 rings (SSSR count). The first-order valence-corrected chi connectivity index (χ1v) is 3.95. The maximum absolute atomic E-state index is 11.0. The molecule has 2 unspecified atom stereocenters. The predicted octanol–water partition coefficient (Wildman–Crippen LogP) is -1.87. The molecule has 6 heteroatoms. The molecule has 13 heavy (non-hydrogen) atoms. The number of hydrogen-bond donors (Lipinski definition) is 3. The topological polar surface area (TPSA) is 97.8 Å². The van der Waals surface area contributed by atoms with E-state index in [0.717, 1.165) is 4.90 Å². The summed E-state index contributed by atoms with van der Waals surface area (Å²) in [6.07, 6.45) is 0.290. The van der Waals surface area contributed by atoms with Crippen LogP contribution < -0.4 is 0 Å².